The fourth-order valence-electron chi connectivity index (χ4n) is 1.65. The van der Waals surface area contributed by atoms with Gasteiger partial charge in [-0.05, 0) is 26.5 Å². The van der Waals surface area contributed by atoms with E-state index in [2.05, 4.69) is 35.9 Å². The summed E-state index contributed by atoms with van der Waals surface area (Å²) in [5, 5.41) is 16.0. The van der Waals surface area contributed by atoms with Crippen LogP contribution in [0.3, 0.4) is 0 Å². The molecule has 3 N–H and O–H groups in total. The van der Waals surface area contributed by atoms with Crippen molar-refractivity contribution in [3.05, 3.63) is 18.0 Å². The van der Waals surface area contributed by atoms with Gasteiger partial charge in [-0.15, -0.1) is 0 Å². The van der Waals surface area contributed by atoms with Crippen molar-refractivity contribution in [2.75, 3.05) is 13.1 Å². The summed E-state index contributed by atoms with van der Waals surface area (Å²) in [4.78, 5) is 2.21. The number of nitrogens with two attached hydrogens (primary N) is 1. The summed E-state index contributed by atoms with van der Waals surface area (Å²) in [5.41, 5.74) is 6.51. The van der Waals surface area contributed by atoms with Gasteiger partial charge >= 0.3 is 0 Å². The summed E-state index contributed by atoms with van der Waals surface area (Å²) in [7, 11) is 0. The highest BCUT2D eigenvalue weighted by molar-refractivity contribution is 5.79. The molecule has 1 rings (SSSR count). The van der Waals surface area contributed by atoms with E-state index in [0.29, 0.717) is 12.5 Å². The first-order valence-electron chi connectivity index (χ1n) is 6.29. The molecule has 0 atom stereocenters. The number of aromatic nitrogens is 2. The van der Waals surface area contributed by atoms with Crippen LogP contribution in [-0.4, -0.2) is 38.8 Å². The van der Waals surface area contributed by atoms with Crippen molar-refractivity contribution < 1.29 is 5.21 Å². The average Bonchev–Trinajstić information content (AvgIpc) is 2.82. The monoisotopic (exact) mass is 253 g/mol. The third-order valence-corrected chi connectivity index (χ3v) is 2.84. The second-order valence-corrected chi connectivity index (χ2v) is 4.59. The summed E-state index contributed by atoms with van der Waals surface area (Å²) in [6.45, 7) is 8.76. The van der Waals surface area contributed by atoms with Crippen molar-refractivity contribution in [1.29, 1.82) is 0 Å². The van der Waals surface area contributed by atoms with E-state index in [9.17, 15) is 0 Å². The van der Waals surface area contributed by atoms with Crippen molar-refractivity contribution in [2.24, 2.45) is 10.9 Å². The van der Waals surface area contributed by atoms with E-state index in [1.54, 1.807) is 0 Å². The Labute approximate surface area is 108 Å². The van der Waals surface area contributed by atoms with Gasteiger partial charge in [-0.1, -0.05) is 12.1 Å². The van der Waals surface area contributed by atoms with E-state index in [0.717, 1.165) is 25.3 Å². The zero-order chi connectivity index (χ0) is 13.5. The quantitative estimate of drug-likeness (QED) is 0.333. The zero-order valence-corrected chi connectivity index (χ0v) is 11.4. The van der Waals surface area contributed by atoms with Crippen LogP contribution in [0.4, 0.5) is 0 Å². The van der Waals surface area contributed by atoms with Gasteiger partial charge in [0.05, 0.1) is 5.69 Å². The largest absolute Gasteiger partial charge is 0.409 e. The normalized spacial score (nSPS) is 12.6. The highest BCUT2D eigenvalue weighted by Gasteiger charge is 2.08. The van der Waals surface area contributed by atoms with Gasteiger partial charge in [0.1, 0.15) is 5.84 Å². The van der Waals surface area contributed by atoms with Crippen LogP contribution in [0, 0.1) is 0 Å². The molecule has 0 aromatic carbocycles. The lowest BCUT2D eigenvalue weighted by molar-refractivity contribution is 0.278. The predicted molar refractivity (Wildman–Crippen MR) is 71.6 cm³/mol. The molecule has 0 radical (unpaired) electrons. The SMILES string of the molecule is CCN(CCC(N)=NO)Cc1ccn(C(C)C)n1. The molecule has 102 valence electrons. The van der Waals surface area contributed by atoms with Gasteiger partial charge in [-0.2, -0.15) is 5.10 Å². The Morgan fingerprint density at radius 3 is 2.83 bits per heavy atom. The van der Waals surface area contributed by atoms with Crippen LogP contribution in [0.2, 0.25) is 0 Å². The highest BCUT2D eigenvalue weighted by atomic mass is 16.4. The number of rotatable bonds is 7. The average molecular weight is 253 g/mol. The summed E-state index contributed by atoms with van der Waals surface area (Å²) in [6, 6.07) is 2.41. The van der Waals surface area contributed by atoms with E-state index in [1.165, 1.54) is 0 Å². The molecule has 0 spiro atoms. The molecule has 18 heavy (non-hydrogen) atoms. The summed E-state index contributed by atoms with van der Waals surface area (Å²) in [6.07, 6.45) is 2.56. The molecule has 1 aromatic rings. The molecule has 0 saturated carbocycles. The molecule has 0 unspecified atom stereocenters. The van der Waals surface area contributed by atoms with Crippen molar-refractivity contribution in [3.8, 4) is 0 Å². The van der Waals surface area contributed by atoms with E-state index in [-0.39, 0.29) is 5.84 Å². The van der Waals surface area contributed by atoms with Crippen LogP contribution in [0.25, 0.3) is 0 Å². The molecule has 0 aliphatic rings. The van der Waals surface area contributed by atoms with Crippen LogP contribution in [0.5, 0.6) is 0 Å². The summed E-state index contributed by atoms with van der Waals surface area (Å²) >= 11 is 0. The molecule has 0 fully saturated rings. The molecule has 1 aromatic heterocycles. The zero-order valence-electron chi connectivity index (χ0n) is 11.4. The van der Waals surface area contributed by atoms with Crippen molar-refractivity contribution >= 4 is 5.84 Å². The molecule has 0 amide bonds. The molecule has 6 heteroatoms. The van der Waals surface area contributed by atoms with Gasteiger partial charge in [0.2, 0.25) is 0 Å². The van der Waals surface area contributed by atoms with E-state index < -0.39 is 0 Å². The molecular formula is C12H23N5O. The number of amidine groups is 1. The van der Waals surface area contributed by atoms with Crippen LogP contribution in [-0.2, 0) is 6.54 Å². The maximum Gasteiger partial charge on any atom is 0.140 e. The molecule has 6 nitrogen and oxygen atoms in total. The van der Waals surface area contributed by atoms with Gasteiger partial charge in [-0.3, -0.25) is 9.58 Å². The molecule has 0 saturated heterocycles. The molecule has 0 aliphatic carbocycles. The van der Waals surface area contributed by atoms with Crippen molar-refractivity contribution in [1.82, 2.24) is 14.7 Å². The Kier molecular flexibility index (Phi) is 5.64. The first-order valence-corrected chi connectivity index (χ1v) is 6.29. The van der Waals surface area contributed by atoms with Crippen molar-refractivity contribution in [2.45, 2.75) is 39.8 Å². The fourth-order valence-corrected chi connectivity index (χ4v) is 1.65. The van der Waals surface area contributed by atoms with E-state index in [4.69, 9.17) is 10.9 Å². The van der Waals surface area contributed by atoms with Crippen molar-refractivity contribution in [3.63, 3.8) is 0 Å². The summed E-state index contributed by atoms with van der Waals surface area (Å²) in [5.74, 6) is 0.265. The van der Waals surface area contributed by atoms with Crippen LogP contribution in [0.15, 0.2) is 17.4 Å². The Morgan fingerprint density at radius 1 is 1.61 bits per heavy atom. The Balaban J connectivity index is 2.51. The number of hydrogen-bond acceptors (Lipinski definition) is 4. The molecule has 1 heterocycles. The van der Waals surface area contributed by atoms with Crippen LogP contribution >= 0.6 is 0 Å². The minimum absolute atomic E-state index is 0.265. The van der Waals surface area contributed by atoms with Crippen LogP contribution in [0.1, 0.15) is 38.9 Å². The molecular weight excluding hydrogens is 230 g/mol. The lowest BCUT2D eigenvalue weighted by atomic mass is 10.3. The first kappa shape index (κ1) is 14.5. The van der Waals surface area contributed by atoms with Gasteiger partial charge in [-0.25, -0.2) is 0 Å². The maximum absolute atomic E-state index is 8.50. The van der Waals surface area contributed by atoms with Gasteiger partial charge in [0, 0.05) is 31.7 Å². The Morgan fingerprint density at radius 2 is 2.33 bits per heavy atom. The predicted octanol–water partition coefficient (Wildman–Crippen LogP) is 1.42. The van der Waals surface area contributed by atoms with Gasteiger partial charge in [0.25, 0.3) is 0 Å². The second kappa shape index (κ2) is 7.00. The third kappa shape index (κ3) is 4.37. The highest BCUT2D eigenvalue weighted by Crippen LogP contribution is 2.07. The lowest BCUT2D eigenvalue weighted by Crippen LogP contribution is -2.28. The number of nitrogens with zero attached hydrogens (tertiary/aromatic N) is 4. The van der Waals surface area contributed by atoms with Crippen LogP contribution < -0.4 is 5.73 Å². The minimum Gasteiger partial charge on any atom is -0.409 e. The number of hydrogen-bond donors (Lipinski definition) is 2. The fraction of sp³-hybridized carbons (Fsp3) is 0.667. The second-order valence-electron chi connectivity index (χ2n) is 4.59. The number of oxime groups is 1. The van der Waals surface area contributed by atoms with E-state index >= 15 is 0 Å². The molecule has 0 bridgehead atoms. The lowest BCUT2D eigenvalue weighted by Gasteiger charge is -2.18. The van der Waals surface area contributed by atoms with Gasteiger partial charge < -0.3 is 10.9 Å². The van der Waals surface area contributed by atoms with Gasteiger partial charge in [0.15, 0.2) is 0 Å². The maximum atomic E-state index is 8.50. The first-order chi connectivity index (χ1) is 8.56. The minimum atomic E-state index is 0.265. The smallest absolute Gasteiger partial charge is 0.140 e. The Hall–Kier alpha value is -1.56. The third-order valence-electron chi connectivity index (χ3n) is 2.84. The molecule has 0 aliphatic heterocycles. The summed E-state index contributed by atoms with van der Waals surface area (Å²) < 4.78 is 1.95. The standard InChI is InChI=1S/C12H23N5O/c1-4-16(7-6-12(13)15-18)9-11-5-8-17(14-11)10(2)3/h5,8,10,18H,4,6-7,9H2,1-3H3,(H2,13,15). The topological polar surface area (TPSA) is 79.7 Å². The van der Waals surface area contributed by atoms with E-state index in [1.807, 2.05) is 16.9 Å². The Bertz CT molecular complexity index is 386.